The van der Waals surface area contributed by atoms with Crippen molar-refractivity contribution in [2.24, 2.45) is 5.41 Å². The van der Waals surface area contributed by atoms with Crippen LogP contribution in [-0.4, -0.2) is 64.2 Å². The van der Waals surface area contributed by atoms with E-state index < -0.39 is 5.60 Å². The lowest BCUT2D eigenvalue weighted by molar-refractivity contribution is 0.00597. The summed E-state index contributed by atoms with van der Waals surface area (Å²) in [5.41, 5.74) is 5.02. The number of benzene rings is 1. The average molecular weight is 616 g/mol. The van der Waals surface area contributed by atoms with E-state index in [1.807, 2.05) is 37.6 Å². The van der Waals surface area contributed by atoms with Crippen LogP contribution in [0.5, 0.6) is 0 Å². The van der Waals surface area contributed by atoms with Gasteiger partial charge in [-0.25, -0.2) is 19.2 Å². The zero-order valence-corrected chi connectivity index (χ0v) is 27.0. The van der Waals surface area contributed by atoms with Gasteiger partial charge in [0.2, 0.25) is 0 Å². The Morgan fingerprint density at radius 2 is 1.86 bits per heavy atom. The number of aryl methyl sites for hydroxylation is 2. The first-order valence-electron chi connectivity index (χ1n) is 15.1. The number of rotatable bonds is 5. The second kappa shape index (κ2) is 11.1. The number of hydrogen-bond acceptors (Lipinski definition) is 8. The molecule has 6 rings (SSSR count). The first-order valence-corrected chi connectivity index (χ1v) is 15.9. The van der Waals surface area contributed by atoms with Gasteiger partial charge in [-0.2, -0.15) is 5.26 Å². The molecule has 1 aromatic carbocycles. The molecule has 11 heteroatoms. The molecule has 2 aliphatic heterocycles. The number of imidazole rings is 1. The van der Waals surface area contributed by atoms with Crippen molar-refractivity contribution in [3.8, 4) is 17.3 Å². The summed E-state index contributed by atoms with van der Waals surface area (Å²) >= 11 is 1.31. The molecule has 2 saturated heterocycles. The van der Waals surface area contributed by atoms with Crippen LogP contribution in [0.25, 0.3) is 16.9 Å². The Balaban J connectivity index is 1.25. The summed E-state index contributed by atoms with van der Waals surface area (Å²) in [7, 11) is 1.95. The monoisotopic (exact) mass is 615 g/mol. The number of ether oxygens (including phenoxy) is 1. The number of likely N-dealkylation sites (tertiary alicyclic amines) is 1. The van der Waals surface area contributed by atoms with Crippen molar-refractivity contribution >= 4 is 39.7 Å². The zero-order valence-electron chi connectivity index (χ0n) is 26.1. The third kappa shape index (κ3) is 5.47. The fraction of sp³-hybridized carbons (Fsp3) is 0.455. The summed E-state index contributed by atoms with van der Waals surface area (Å²) in [5.74, 6) is 0.584. The van der Waals surface area contributed by atoms with E-state index in [1.54, 1.807) is 12.1 Å². The number of carbonyl (C=O) groups excluding carboxylic acids is 1. The highest BCUT2D eigenvalue weighted by atomic mass is 32.1. The van der Waals surface area contributed by atoms with E-state index in [0.717, 1.165) is 73.9 Å². The van der Waals surface area contributed by atoms with Crippen LogP contribution in [0, 0.1) is 29.5 Å². The standard InChI is InChI=1S/C33H38FN7O2S/c1-7-25-29(38(6)30-37-27(26(17-35)44-30)22-8-10-23(34)11-9-22)41-18-24(16-21(2)28(41)36-25)40-19-33(20-40)12-14-39(15-13-33)31(42)43-32(3,4)5/h8-11,16,18H,7,12-15,19-20H2,1-6H3. The Morgan fingerprint density at radius 1 is 1.18 bits per heavy atom. The van der Waals surface area contributed by atoms with E-state index in [2.05, 4.69) is 41.5 Å². The normalized spacial score (nSPS) is 16.2. The number of anilines is 3. The van der Waals surface area contributed by atoms with Crippen molar-refractivity contribution in [3.63, 3.8) is 0 Å². The van der Waals surface area contributed by atoms with E-state index in [9.17, 15) is 14.4 Å². The molecule has 0 bridgehead atoms. The van der Waals surface area contributed by atoms with Crippen LogP contribution in [0.3, 0.4) is 0 Å². The third-order valence-electron chi connectivity index (χ3n) is 8.60. The number of piperidine rings is 1. The molecule has 3 aromatic heterocycles. The van der Waals surface area contributed by atoms with Crippen LogP contribution in [-0.2, 0) is 11.2 Å². The highest BCUT2D eigenvalue weighted by Crippen LogP contribution is 2.44. The van der Waals surface area contributed by atoms with Gasteiger partial charge in [-0.3, -0.25) is 4.40 Å². The maximum atomic E-state index is 13.6. The van der Waals surface area contributed by atoms with Crippen LogP contribution < -0.4 is 9.80 Å². The summed E-state index contributed by atoms with van der Waals surface area (Å²) < 4.78 is 21.3. The molecule has 0 radical (unpaired) electrons. The predicted octanol–water partition coefficient (Wildman–Crippen LogP) is 6.94. The van der Waals surface area contributed by atoms with Crippen LogP contribution in [0.1, 0.15) is 56.7 Å². The number of pyridine rings is 1. The zero-order chi connectivity index (χ0) is 31.4. The molecule has 230 valence electrons. The van der Waals surface area contributed by atoms with Crippen LogP contribution >= 0.6 is 11.3 Å². The number of fused-ring (bicyclic) bond motifs is 1. The Labute approximate surface area is 261 Å². The first-order chi connectivity index (χ1) is 20.9. The van der Waals surface area contributed by atoms with Gasteiger partial charge in [0, 0.05) is 50.4 Å². The summed E-state index contributed by atoms with van der Waals surface area (Å²) in [6, 6.07) is 10.5. The lowest BCUT2D eigenvalue weighted by Crippen LogP contribution is -2.61. The Hall–Kier alpha value is -4.17. The molecular weight excluding hydrogens is 577 g/mol. The SMILES string of the molecule is CCc1nc2c(C)cc(N3CC4(CCN(C(=O)OC(C)(C)C)CC4)C3)cn2c1N(C)c1nc(-c2ccc(F)cc2)c(C#N)s1. The van der Waals surface area contributed by atoms with Crippen molar-refractivity contribution in [1.29, 1.82) is 5.26 Å². The fourth-order valence-electron chi connectivity index (χ4n) is 6.27. The first kappa shape index (κ1) is 29.9. The van der Waals surface area contributed by atoms with Gasteiger partial charge in [-0.1, -0.05) is 18.3 Å². The number of halogens is 1. The third-order valence-corrected chi connectivity index (χ3v) is 9.64. The maximum absolute atomic E-state index is 13.6. The molecule has 0 N–H and O–H groups in total. The molecule has 0 aliphatic carbocycles. The lowest BCUT2D eigenvalue weighted by atomic mass is 9.72. The highest BCUT2D eigenvalue weighted by Gasteiger charge is 2.46. The van der Waals surface area contributed by atoms with Crippen molar-refractivity contribution < 1.29 is 13.9 Å². The van der Waals surface area contributed by atoms with Crippen LogP contribution in [0.4, 0.5) is 25.8 Å². The molecule has 1 spiro atoms. The molecule has 5 heterocycles. The number of amides is 1. The van der Waals surface area contributed by atoms with Gasteiger partial charge < -0.3 is 19.4 Å². The molecule has 44 heavy (non-hydrogen) atoms. The van der Waals surface area contributed by atoms with Crippen LogP contribution in [0.2, 0.25) is 0 Å². The average Bonchev–Trinajstić information content (AvgIpc) is 3.57. The van der Waals surface area contributed by atoms with Crippen LogP contribution in [0.15, 0.2) is 36.5 Å². The molecular formula is C33H38FN7O2S. The van der Waals surface area contributed by atoms with E-state index in [1.165, 1.54) is 23.5 Å². The number of nitriles is 1. The van der Waals surface area contributed by atoms with Gasteiger partial charge in [0.05, 0.1) is 11.4 Å². The Bertz CT molecular complexity index is 1750. The van der Waals surface area contributed by atoms with Crippen molar-refractivity contribution in [2.75, 3.05) is 43.0 Å². The predicted molar refractivity (Wildman–Crippen MR) is 171 cm³/mol. The van der Waals surface area contributed by atoms with Crippen molar-refractivity contribution in [1.82, 2.24) is 19.3 Å². The summed E-state index contributed by atoms with van der Waals surface area (Å²) in [4.78, 5) is 29.1. The van der Waals surface area contributed by atoms with E-state index in [0.29, 0.717) is 21.3 Å². The number of aromatic nitrogens is 3. The Kier molecular flexibility index (Phi) is 7.52. The minimum absolute atomic E-state index is 0.204. The van der Waals surface area contributed by atoms with E-state index in [4.69, 9.17) is 14.7 Å². The minimum Gasteiger partial charge on any atom is -0.444 e. The summed E-state index contributed by atoms with van der Waals surface area (Å²) in [5, 5.41) is 10.5. The number of carbonyl (C=O) groups is 1. The van der Waals surface area contributed by atoms with E-state index >= 15 is 0 Å². The quantitative estimate of drug-likeness (QED) is 0.240. The second-order valence-electron chi connectivity index (χ2n) is 13.0. The van der Waals surface area contributed by atoms with E-state index in [-0.39, 0.29) is 17.3 Å². The van der Waals surface area contributed by atoms with Gasteiger partial charge in [0.15, 0.2) is 5.13 Å². The minimum atomic E-state index is -0.490. The highest BCUT2D eigenvalue weighted by molar-refractivity contribution is 7.16. The smallest absolute Gasteiger partial charge is 0.410 e. The molecule has 1 amide bonds. The van der Waals surface area contributed by atoms with Gasteiger partial charge in [-0.15, -0.1) is 0 Å². The summed E-state index contributed by atoms with van der Waals surface area (Å²) in [6.45, 7) is 13.2. The molecule has 2 aliphatic rings. The van der Waals surface area contributed by atoms with Crippen molar-refractivity contribution in [2.45, 2.75) is 59.5 Å². The second-order valence-corrected chi connectivity index (χ2v) is 14.0. The molecule has 0 atom stereocenters. The van der Waals surface area contributed by atoms with Gasteiger partial charge in [0.25, 0.3) is 0 Å². The molecule has 0 saturated carbocycles. The molecule has 0 unspecified atom stereocenters. The van der Waals surface area contributed by atoms with Gasteiger partial charge in [-0.05, 0) is 82.9 Å². The van der Waals surface area contributed by atoms with Gasteiger partial charge >= 0.3 is 6.09 Å². The summed E-state index contributed by atoms with van der Waals surface area (Å²) in [6.07, 6.45) is 4.59. The lowest BCUT2D eigenvalue weighted by Gasteiger charge is -2.55. The maximum Gasteiger partial charge on any atom is 0.410 e. The number of nitrogens with zero attached hydrogens (tertiary/aromatic N) is 7. The molecule has 4 aromatic rings. The largest absolute Gasteiger partial charge is 0.444 e. The van der Waals surface area contributed by atoms with Gasteiger partial charge in [0.1, 0.15) is 39.5 Å². The number of thiazole rings is 1. The van der Waals surface area contributed by atoms with Crippen molar-refractivity contribution in [3.05, 3.63) is 58.5 Å². The topological polar surface area (TPSA) is 90.0 Å². The number of hydrogen-bond donors (Lipinski definition) is 0. The fourth-order valence-corrected chi connectivity index (χ4v) is 7.12. The Morgan fingerprint density at radius 3 is 2.48 bits per heavy atom. The molecule has 2 fully saturated rings. The molecule has 9 nitrogen and oxygen atoms in total.